The molecule has 0 aliphatic rings. The fourth-order valence-electron chi connectivity index (χ4n) is 3.30. The first-order valence-electron chi connectivity index (χ1n) is 21.4. The van der Waals surface area contributed by atoms with E-state index in [1.807, 2.05) is 111 Å². The summed E-state index contributed by atoms with van der Waals surface area (Å²) in [6.45, 7) is 55.4. The van der Waals surface area contributed by atoms with E-state index in [0.29, 0.717) is 26.4 Å². The summed E-state index contributed by atoms with van der Waals surface area (Å²) in [5, 5.41) is 2.89. The zero-order chi connectivity index (χ0) is 44.9. The normalized spacial score (nSPS) is 12.3. The molecule has 0 atom stereocenters. The smallest absolute Gasteiger partial charge is 0.225 e. The van der Waals surface area contributed by atoms with Crippen LogP contribution in [-0.4, -0.2) is 79.8 Å². The van der Waals surface area contributed by atoms with Gasteiger partial charge in [-0.3, -0.25) is 9.59 Å². The summed E-state index contributed by atoms with van der Waals surface area (Å²) in [6.07, 6.45) is 4.95. The van der Waals surface area contributed by atoms with E-state index in [4.69, 9.17) is 23.7 Å². The van der Waals surface area contributed by atoms with Gasteiger partial charge in [0.15, 0.2) is 5.78 Å². The van der Waals surface area contributed by atoms with Crippen molar-refractivity contribution in [3.63, 3.8) is 0 Å². The fourth-order valence-corrected chi connectivity index (χ4v) is 3.30. The maximum Gasteiger partial charge on any atom is 0.225 e. The average Bonchev–Trinajstić information content (AvgIpc) is 2.95. The highest BCUT2D eigenvalue weighted by Gasteiger charge is 2.20. The number of rotatable bonds is 17. The molecule has 0 spiro atoms. The van der Waals surface area contributed by atoms with Gasteiger partial charge in [-0.1, -0.05) is 89.0 Å². The lowest BCUT2D eigenvalue weighted by Gasteiger charge is -2.23. The molecule has 0 unspecified atom stereocenters. The van der Waals surface area contributed by atoms with E-state index in [2.05, 4.69) is 67.6 Å². The molecule has 0 rings (SSSR count). The molecule has 0 aliphatic heterocycles. The molecule has 336 valence electrons. The Bertz CT molecular complexity index is 851. The van der Waals surface area contributed by atoms with Crippen LogP contribution in [0.15, 0.2) is 0 Å². The van der Waals surface area contributed by atoms with Crippen LogP contribution in [0.2, 0.25) is 0 Å². The quantitative estimate of drug-likeness (QED) is 0.147. The summed E-state index contributed by atoms with van der Waals surface area (Å²) in [5.41, 5.74) is -0.462. The Balaban J connectivity index is -0.000000192. The van der Waals surface area contributed by atoms with E-state index in [9.17, 15) is 9.59 Å². The van der Waals surface area contributed by atoms with Gasteiger partial charge < -0.3 is 29.0 Å². The van der Waals surface area contributed by atoms with Gasteiger partial charge in [0, 0.05) is 31.1 Å². The second kappa shape index (κ2) is 32.8. The number of carbonyl (C=O) groups excluding carboxylic acids is 2. The van der Waals surface area contributed by atoms with E-state index in [1.54, 1.807) is 0 Å². The molecule has 55 heavy (non-hydrogen) atoms. The molecule has 0 aromatic carbocycles. The molecule has 0 fully saturated rings. The second-order valence-electron chi connectivity index (χ2n) is 21.2. The Labute approximate surface area is 345 Å². The average molecular weight is 792 g/mol. The van der Waals surface area contributed by atoms with Gasteiger partial charge in [-0.05, 0) is 128 Å². The molecule has 8 nitrogen and oxygen atoms in total. The van der Waals surface area contributed by atoms with Gasteiger partial charge in [0.05, 0.1) is 41.7 Å². The summed E-state index contributed by atoms with van der Waals surface area (Å²) >= 11 is 0. The minimum absolute atomic E-state index is 0.0366. The number of ketones is 1. The Kier molecular flexibility index (Phi) is 37.7. The lowest BCUT2D eigenvalue weighted by Crippen LogP contribution is -2.35. The first-order chi connectivity index (χ1) is 24.4. The Hall–Kier alpha value is -1.06. The molecule has 0 heterocycles. The number of amides is 1. The molecule has 0 radical (unpaired) electrons. The molecule has 0 aromatic rings. The lowest BCUT2D eigenvalue weighted by atomic mass is 9.96. The molecule has 0 saturated heterocycles. The van der Waals surface area contributed by atoms with Gasteiger partial charge in [-0.2, -0.15) is 0 Å². The van der Waals surface area contributed by atoms with Crippen LogP contribution in [0.3, 0.4) is 0 Å². The largest absolute Gasteiger partial charge is 0.376 e. The van der Waals surface area contributed by atoms with Crippen LogP contribution in [-0.2, 0) is 33.3 Å². The standard InChI is InChI=1S/C12H25NO2.C10H22O2.C9H20O.C8H16O2.C8H18/c1-11(2,3)10(14)13-8-7-9-15-12(4,5)6;1-9(2,3)11-7-8-12-10(4,5)6;1-8(2)6-7-10-9(3,4)5;1-6(2)8(9)5-10-7(3)4;1-7(2)5-6-8(3)4/h7-9H2,1-6H3,(H,13,14);7-8H2,1-6H3;8H,6-7H2,1-5H3;6-7H,5H2,1-4H3;7-8H,5-6H2,1-4H3. The van der Waals surface area contributed by atoms with Gasteiger partial charge in [-0.15, -0.1) is 0 Å². The van der Waals surface area contributed by atoms with E-state index < -0.39 is 0 Å². The van der Waals surface area contributed by atoms with E-state index in [1.165, 1.54) is 12.8 Å². The Morgan fingerprint density at radius 3 is 1.07 bits per heavy atom. The van der Waals surface area contributed by atoms with Crippen LogP contribution in [0, 0.1) is 29.1 Å². The van der Waals surface area contributed by atoms with Crippen LogP contribution in [0.1, 0.15) is 199 Å². The second-order valence-corrected chi connectivity index (χ2v) is 21.2. The van der Waals surface area contributed by atoms with Crippen molar-refractivity contribution in [1.82, 2.24) is 5.32 Å². The molecule has 1 amide bonds. The third-order valence-electron chi connectivity index (χ3n) is 6.73. The van der Waals surface area contributed by atoms with Crippen LogP contribution < -0.4 is 5.32 Å². The minimum Gasteiger partial charge on any atom is -0.376 e. The fraction of sp³-hybridized carbons (Fsp3) is 0.957. The third kappa shape index (κ3) is 71.2. The van der Waals surface area contributed by atoms with Crippen molar-refractivity contribution in [2.75, 3.05) is 39.6 Å². The van der Waals surface area contributed by atoms with Gasteiger partial charge in [0.25, 0.3) is 0 Å². The molecule has 0 saturated carbocycles. The van der Waals surface area contributed by atoms with Gasteiger partial charge >= 0.3 is 0 Å². The van der Waals surface area contributed by atoms with Crippen molar-refractivity contribution in [2.24, 2.45) is 29.1 Å². The summed E-state index contributed by atoms with van der Waals surface area (Å²) < 4.78 is 27.2. The van der Waals surface area contributed by atoms with Crippen LogP contribution in [0.4, 0.5) is 0 Å². The maximum atomic E-state index is 11.5. The number of carbonyl (C=O) groups is 2. The highest BCUT2D eigenvalue weighted by molar-refractivity contribution is 5.81. The minimum atomic E-state index is -0.301. The number of ether oxygens (including phenoxy) is 5. The summed E-state index contributed by atoms with van der Waals surface area (Å²) in [4.78, 5) is 22.4. The Morgan fingerprint density at radius 2 is 0.800 bits per heavy atom. The molecule has 0 bridgehead atoms. The predicted octanol–water partition coefficient (Wildman–Crippen LogP) is 12.5. The van der Waals surface area contributed by atoms with Crippen molar-refractivity contribution in [3.05, 3.63) is 0 Å². The number of hydrogen-bond acceptors (Lipinski definition) is 7. The van der Waals surface area contributed by atoms with Crippen LogP contribution >= 0.6 is 0 Å². The van der Waals surface area contributed by atoms with Gasteiger partial charge in [0.1, 0.15) is 6.61 Å². The van der Waals surface area contributed by atoms with E-state index in [-0.39, 0.29) is 58.1 Å². The Morgan fingerprint density at radius 1 is 0.473 bits per heavy atom. The summed E-state index contributed by atoms with van der Waals surface area (Å²) in [5.74, 6) is 2.89. The zero-order valence-corrected chi connectivity index (χ0v) is 41.8. The van der Waals surface area contributed by atoms with Crippen molar-refractivity contribution in [2.45, 2.75) is 227 Å². The third-order valence-corrected chi connectivity index (χ3v) is 6.73. The van der Waals surface area contributed by atoms with Crippen molar-refractivity contribution < 1.29 is 33.3 Å². The van der Waals surface area contributed by atoms with Crippen LogP contribution in [0.5, 0.6) is 0 Å². The molecule has 0 aromatic heterocycles. The van der Waals surface area contributed by atoms with E-state index in [0.717, 1.165) is 37.2 Å². The number of Topliss-reactive ketones (excluding diaryl/α,β-unsaturated/α-hetero) is 1. The van der Waals surface area contributed by atoms with E-state index >= 15 is 0 Å². The molecule has 1 N–H and O–H groups in total. The monoisotopic (exact) mass is 792 g/mol. The molecule has 8 heteroatoms. The van der Waals surface area contributed by atoms with Crippen molar-refractivity contribution in [3.8, 4) is 0 Å². The molecular formula is C47H101NO7. The zero-order valence-electron chi connectivity index (χ0n) is 41.8. The number of nitrogens with one attached hydrogen (secondary N) is 1. The number of hydrogen-bond donors (Lipinski definition) is 1. The molecular weight excluding hydrogens is 691 g/mol. The van der Waals surface area contributed by atoms with Crippen molar-refractivity contribution >= 4 is 11.7 Å². The molecule has 0 aliphatic carbocycles. The topological polar surface area (TPSA) is 92.3 Å². The summed E-state index contributed by atoms with van der Waals surface area (Å²) in [7, 11) is 0. The predicted molar refractivity (Wildman–Crippen MR) is 239 cm³/mol. The lowest BCUT2D eigenvalue weighted by molar-refractivity contribution is -0.128. The highest BCUT2D eigenvalue weighted by atomic mass is 16.5. The first kappa shape index (κ1) is 63.1. The maximum absolute atomic E-state index is 11.5. The van der Waals surface area contributed by atoms with Crippen LogP contribution in [0.25, 0.3) is 0 Å². The van der Waals surface area contributed by atoms with Gasteiger partial charge in [-0.25, -0.2) is 0 Å². The first-order valence-corrected chi connectivity index (χ1v) is 21.4. The summed E-state index contributed by atoms with van der Waals surface area (Å²) in [6, 6.07) is 0. The van der Waals surface area contributed by atoms with Gasteiger partial charge in [0.2, 0.25) is 5.91 Å². The SMILES string of the molecule is CC(C)(C)OCCCNC(=O)C(C)(C)C.CC(C)(C)OCCOC(C)(C)C.CC(C)CCC(C)C.CC(C)CCOC(C)(C)C.CC(C)OCC(=O)C(C)C. The highest BCUT2D eigenvalue weighted by Crippen LogP contribution is 2.13. The van der Waals surface area contributed by atoms with Crippen molar-refractivity contribution in [1.29, 1.82) is 0 Å².